The van der Waals surface area contributed by atoms with Crippen LogP contribution in [0.4, 0.5) is 4.39 Å². The van der Waals surface area contributed by atoms with E-state index in [0.717, 1.165) is 6.07 Å². The van der Waals surface area contributed by atoms with Gasteiger partial charge in [0.25, 0.3) is 5.91 Å². The minimum absolute atomic E-state index is 0.0550. The van der Waals surface area contributed by atoms with E-state index < -0.39 is 17.8 Å². The minimum Gasteiger partial charge on any atom is -0.467 e. The zero-order valence-corrected chi connectivity index (χ0v) is 13.0. The molecule has 1 aromatic carbocycles. The predicted molar refractivity (Wildman–Crippen MR) is 81.4 cm³/mol. The molecule has 2 rings (SSSR count). The van der Waals surface area contributed by atoms with Crippen molar-refractivity contribution in [3.63, 3.8) is 0 Å². The van der Waals surface area contributed by atoms with Crippen molar-refractivity contribution in [2.45, 2.75) is 32.4 Å². The Morgan fingerprint density at radius 2 is 2.23 bits per heavy atom. The highest BCUT2D eigenvalue weighted by atomic mass is 35.5. The average molecular weight is 326 g/mol. The predicted octanol–water partition coefficient (Wildman–Crippen LogP) is 3.62. The summed E-state index contributed by atoms with van der Waals surface area (Å²) in [6, 6.07) is 5.56. The number of rotatable bonds is 5. The van der Waals surface area contributed by atoms with Crippen molar-refractivity contribution in [1.82, 2.24) is 5.32 Å². The topological polar surface area (TPSA) is 62.5 Å². The molecular formula is C16H17ClFNO3. The van der Waals surface area contributed by atoms with Gasteiger partial charge in [-0.2, -0.15) is 0 Å². The number of amides is 1. The van der Waals surface area contributed by atoms with E-state index in [4.69, 9.17) is 16.0 Å². The maximum Gasteiger partial charge on any atom is 0.253 e. The van der Waals surface area contributed by atoms with Gasteiger partial charge in [0.2, 0.25) is 0 Å². The summed E-state index contributed by atoms with van der Waals surface area (Å²) in [6.45, 7) is 3.32. The van der Waals surface area contributed by atoms with E-state index in [2.05, 4.69) is 5.32 Å². The standard InChI is InChI=1S/C16H17ClFNO3/c1-9-6-11(12(17)8-13(9)18)16(21)19-10(2)7-14(20)15-4-3-5-22-15/h3-6,8,10,14,20H,7H2,1-2H3,(H,19,21). The zero-order valence-electron chi connectivity index (χ0n) is 12.3. The van der Waals surface area contributed by atoms with Crippen LogP contribution in [0.2, 0.25) is 5.02 Å². The molecule has 2 atom stereocenters. The van der Waals surface area contributed by atoms with Crippen LogP contribution in [0.5, 0.6) is 0 Å². The molecule has 0 aliphatic rings. The molecule has 2 aromatic rings. The molecule has 1 aromatic heterocycles. The summed E-state index contributed by atoms with van der Waals surface area (Å²) < 4.78 is 18.5. The Kier molecular flexibility index (Phi) is 5.21. The van der Waals surface area contributed by atoms with Crippen LogP contribution in [-0.2, 0) is 0 Å². The van der Waals surface area contributed by atoms with E-state index in [1.807, 2.05) is 0 Å². The van der Waals surface area contributed by atoms with Gasteiger partial charge in [-0.3, -0.25) is 4.79 Å². The van der Waals surface area contributed by atoms with Crippen molar-refractivity contribution in [2.24, 2.45) is 0 Å². The number of hydrogen-bond donors (Lipinski definition) is 2. The Morgan fingerprint density at radius 3 is 2.86 bits per heavy atom. The van der Waals surface area contributed by atoms with E-state index in [-0.39, 0.29) is 23.0 Å². The van der Waals surface area contributed by atoms with Gasteiger partial charge in [-0.05, 0) is 43.7 Å². The van der Waals surface area contributed by atoms with E-state index >= 15 is 0 Å². The lowest BCUT2D eigenvalue weighted by molar-refractivity contribution is 0.0903. The van der Waals surface area contributed by atoms with Crippen molar-refractivity contribution in [3.8, 4) is 0 Å². The number of furan rings is 1. The molecule has 0 aliphatic heterocycles. The molecule has 1 heterocycles. The first-order valence-corrected chi connectivity index (χ1v) is 7.24. The number of carbonyl (C=O) groups excluding carboxylic acids is 1. The second-order valence-corrected chi connectivity index (χ2v) is 5.63. The normalized spacial score (nSPS) is 13.7. The molecule has 0 spiro atoms. The third-order valence-electron chi connectivity index (χ3n) is 3.32. The molecule has 2 unspecified atom stereocenters. The van der Waals surface area contributed by atoms with Gasteiger partial charge in [-0.1, -0.05) is 11.6 Å². The fourth-order valence-corrected chi connectivity index (χ4v) is 2.36. The SMILES string of the molecule is Cc1cc(C(=O)NC(C)CC(O)c2ccco2)c(Cl)cc1F. The Hall–Kier alpha value is -1.85. The molecule has 0 saturated carbocycles. The number of carbonyl (C=O) groups is 1. The quantitative estimate of drug-likeness (QED) is 0.882. The summed E-state index contributed by atoms with van der Waals surface area (Å²) in [5, 5.41) is 12.8. The summed E-state index contributed by atoms with van der Waals surface area (Å²) in [6.07, 6.45) is 0.954. The lowest BCUT2D eigenvalue weighted by atomic mass is 10.1. The van der Waals surface area contributed by atoms with Crippen molar-refractivity contribution >= 4 is 17.5 Å². The van der Waals surface area contributed by atoms with E-state index in [1.54, 1.807) is 26.0 Å². The first-order valence-electron chi connectivity index (χ1n) is 6.86. The maximum atomic E-state index is 13.4. The monoisotopic (exact) mass is 325 g/mol. The number of halogens is 2. The summed E-state index contributed by atoms with van der Waals surface area (Å²) in [5.74, 6) is -0.424. The van der Waals surface area contributed by atoms with Crippen LogP contribution in [-0.4, -0.2) is 17.1 Å². The summed E-state index contributed by atoms with van der Waals surface area (Å²) >= 11 is 5.90. The van der Waals surface area contributed by atoms with Gasteiger partial charge in [0.15, 0.2) is 0 Å². The lowest BCUT2D eigenvalue weighted by Gasteiger charge is -2.17. The average Bonchev–Trinajstić information content (AvgIpc) is 2.96. The molecular weight excluding hydrogens is 309 g/mol. The molecule has 0 radical (unpaired) electrons. The van der Waals surface area contributed by atoms with E-state index in [1.165, 1.54) is 12.3 Å². The van der Waals surface area contributed by atoms with Gasteiger partial charge in [-0.15, -0.1) is 0 Å². The Balaban J connectivity index is 2.01. The van der Waals surface area contributed by atoms with Crippen LogP contribution in [0, 0.1) is 12.7 Å². The molecule has 6 heteroatoms. The van der Waals surface area contributed by atoms with Gasteiger partial charge in [0.1, 0.15) is 17.7 Å². The van der Waals surface area contributed by atoms with Crippen LogP contribution in [0.15, 0.2) is 34.9 Å². The highest BCUT2D eigenvalue weighted by molar-refractivity contribution is 6.33. The number of aliphatic hydroxyl groups excluding tert-OH is 1. The Morgan fingerprint density at radius 1 is 1.50 bits per heavy atom. The number of hydrogen-bond acceptors (Lipinski definition) is 3. The number of aliphatic hydroxyl groups is 1. The van der Waals surface area contributed by atoms with E-state index in [0.29, 0.717) is 11.3 Å². The molecule has 4 nitrogen and oxygen atoms in total. The molecule has 0 bridgehead atoms. The molecule has 1 amide bonds. The highest BCUT2D eigenvalue weighted by Crippen LogP contribution is 2.22. The number of nitrogens with one attached hydrogen (secondary N) is 1. The lowest BCUT2D eigenvalue weighted by Crippen LogP contribution is -2.34. The van der Waals surface area contributed by atoms with Crippen molar-refractivity contribution in [2.75, 3.05) is 0 Å². The number of benzene rings is 1. The number of aryl methyl sites for hydroxylation is 1. The van der Waals surface area contributed by atoms with Gasteiger partial charge in [0, 0.05) is 12.5 Å². The molecule has 22 heavy (non-hydrogen) atoms. The van der Waals surface area contributed by atoms with Gasteiger partial charge >= 0.3 is 0 Å². The Labute approximate surface area is 132 Å². The molecule has 0 aliphatic carbocycles. The fourth-order valence-electron chi connectivity index (χ4n) is 2.12. The maximum absolute atomic E-state index is 13.4. The van der Waals surface area contributed by atoms with Gasteiger partial charge < -0.3 is 14.8 Å². The third-order valence-corrected chi connectivity index (χ3v) is 3.63. The first-order chi connectivity index (χ1) is 10.4. The van der Waals surface area contributed by atoms with Crippen molar-refractivity contribution in [1.29, 1.82) is 0 Å². The van der Waals surface area contributed by atoms with E-state index in [9.17, 15) is 14.3 Å². The third kappa shape index (κ3) is 3.87. The van der Waals surface area contributed by atoms with Gasteiger partial charge in [0.05, 0.1) is 16.8 Å². The zero-order chi connectivity index (χ0) is 16.3. The van der Waals surface area contributed by atoms with Crippen molar-refractivity contribution in [3.05, 3.63) is 58.3 Å². The van der Waals surface area contributed by atoms with Crippen LogP contribution >= 0.6 is 11.6 Å². The smallest absolute Gasteiger partial charge is 0.253 e. The van der Waals surface area contributed by atoms with Crippen LogP contribution in [0.1, 0.15) is 41.1 Å². The summed E-state index contributed by atoms with van der Waals surface area (Å²) in [4.78, 5) is 12.2. The van der Waals surface area contributed by atoms with Crippen LogP contribution < -0.4 is 5.32 Å². The highest BCUT2D eigenvalue weighted by Gasteiger charge is 2.19. The molecule has 118 valence electrons. The second kappa shape index (κ2) is 6.94. The first kappa shape index (κ1) is 16.5. The van der Waals surface area contributed by atoms with Crippen molar-refractivity contribution < 1.29 is 18.7 Å². The molecule has 0 saturated heterocycles. The summed E-state index contributed by atoms with van der Waals surface area (Å²) in [7, 11) is 0. The fraction of sp³-hybridized carbons (Fsp3) is 0.312. The largest absolute Gasteiger partial charge is 0.467 e. The second-order valence-electron chi connectivity index (χ2n) is 5.22. The molecule has 2 N–H and O–H groups in total. The molecule has 0 fully saturated rings. The van der Waals surface area contributed by atoms with Gasteiger partial charge in [-0.25, -0.2) is 4.39 Å². The van der Waals surface area contributed by atoms with Crippen LogP contribution in [0.3, 0.4) is 0 Å². The summed E-state index contributed by atoms with van der Waals surface area (Å²) in [5.41, 5.74) is 0.553. The minimum atomic E-state index is -0.810. The Bertz CT molecular complexity index is 658. The van der Waals surface area contributed by atoms with Crippen LogP contribution in [0.25, 0.3) is 0 Å².